The second kappa shape index (κ2) is 13.6. The first-order valence-electron chi connectivity index (χ1n) is 13.0. The van der Waals surface area contributed by atoms with E-state index in [1.54, 1.807) is 18.2 Å². The first kappa shape index (κ1) is 35.5. The monoisotopic (exact) mass is 682 g/mol. The highest BCUT2D eigenvalue weighted by Gasteiger charge is 2.33. The molecule has 0 fully saturated rings. The van der Waals surface area contributed by atoms with Crippen LogP contribution < -0.4 is 0 Å². The topological polar surface area (TPSA) is 226 Å². The van der Waals surface area contributed by atoms with Crippen LogP contribution in [0.5, 0.6) is 0 Å². The smallest absolute Gasteiger partial charge is 0.361 e. The van der Waals surface area contributed by atoms with Crippen LogP contribution in [0.2, 0.25) is 0 Å². The number of hydrogen-bond acceptors (Lipinski definition) is 9. The van der Waals surface area contributed by atoms with Crippen LogP contribution in [0.15, 0.2) is 82.6 Å². The van der Waals surface area contributed by atoms with Crippen LogP contribution in [0.3, 0.4) is 0 Å². The summed E-state index contributed by atoms with van der Waals surface area (Å²) in [5.74, 6) is -1.05. The van der Waals surface area contributed by atoms with Gasteiger partial charge in [0.25, 0.3) is 11.6 Å². The molecule has 0 atom stereocenters. The molecule has 3 aliphatic carbocycles. The zero-order valence-corrected chi connectivity index (χ0v) is 27.1. The largest absolute Gasteiger partial charge is 0.364 e. The number of carbonyl (C=O) groups excluding carboxylic acids is 3. The fraction of sp³-hybridized carbons (Fsp3) is 0.167. The van der Waals surface area contributed by atoms with E-state index in [0.29, 0.717) is 28.0 Å². The summed E-state index contributed by atoms with van der Waals surface area (Å²) in [5.41, 5.74) is 18.4. The third kappa shape index (κ3) is 7.99. The lowest BCUT2D eigenvalue weighted by molar-refractivity contribution is -0.115. The molecule has 0 bridgehead atoms. The number of rotatable bonds is 3. The molecular weight excluding hydrogens is 657 g/mol. The molecule has 0 spiro atoms. The van der Waals surface area contributed by atoms with E-state index in [4.69, 9.17) is 11.1 Å². The van der Waals surface area contributed by atoms with Crippen molar-refractivity contribution in [1.29, 1.82) is 0 Å². The van der Waals surface area contributed by atoms with Gasteiger partial charge in [0, 0.05) is 64.0 Å². The van der Waals surface area contributed by atoms with E-state index in [1.165, 1.54) is 42.5 Å². The first-order chi connectivity index (χ1) is 21.3. The summed E-state index contributed by atoms with van der Waals surface area (Å²) in [6, 6.07) is 10.7. The molecule has 16 heteroatoms. The molecule has 0 aromatic heterocycles. The van der Waals surface area contributed by atoms with Crippen molar-refractivity contribution in [2.45, 2.75) is 17.7 Å². The fourth-order valence-corrected chi connectivity index (χ4v) is 7.05. The maximum absolute atomic E-state index is 11.8. The van der Waals surface area contributed by atoms with Crippen LogP contribution in [0.4, 0.5) is 0 Å². The lowest BCUT2D eigenvalue weighted by atomic mass is 9.95. The number of benzene rings is 2. The van der Waals surface area contributed by atoms with Gasteiger partial charge in [-0.2, -0.15) is 9.58 Å². The number of nitrogens with zero attached hydrogens (tertiary/aromatic N) is 4. The Morgan fingerprint density at radius 1 is 0.652 bits per heavy atom. The second-order valence-electron chi connectivity index (χ2n) is 10.1. The van der Waals surface area contributed by atoms with E-state index in [0.717, 1.165) is 24.8 Å². The van der Waals surface area contributed by atoms with Crippen molar-refractivity contribution in [2.24, 2.45) is 0 Å². The van der Waals surface area contributed by atoms with Crippen molar-refractivity contribution in [3.8, 4) is 0 Å². The quantitative estimate of drug-likeness (QED) is 0.263. The molecule has 0 saturated carbocycles. The molecule has 46 heavy (non-hydrogen) atoms. The third-order valence-electron chi connectivity index (χ3n) is 6.67. The molecule has 5 rings (SSSR count). The number of sulfone groups is 3. The van der Waals surface area contributed by atoms with Gasteiger partial charge < -0.3 is 11.1 Å². The highest BCUT2D eigenvalue weighted by atomic mass is 32.2. The lowest BCUT2D eigenvalue weighted by Gasteiger charge is -2.12. The Hall–Kier alpha value is -4.98. The van der Waals surface area contributed by atoms with Crippen LogP contribution in [0, 0.1) is 0 Å². The summed E-state index contributed by atoms with van der Waals surface area (Å²) in [6.07, 6.45) is 9.04. The number of fused-ring (bicyclic) bond motifs is 2. The number of carbonyl (C=O) groups is 3. The van der Waals surface area contributed by atoms with Gasteiger partial charge >= 0.3 is 11.4 Å². The number of hydrogen-bond donors (Lipinski definition) is 0. The van der Waals surface area contributed by atoms with Gasteiger partial charge in [0.2, 0.25) is 0 Å². The molecule has 2 aromatic carbocycles. The molecule has 3 aliphatic rings. The molecule has 0 N–H and O–H groups in total. The van der Waals surface area contributed by atoms with E-state index in [9.17, 15) is 39.6 Å². The van der Waals surface area contributed by atoms with E-state index >= 15 is 0 Å². The Balaban J connectivity index is 0.000000191. The van der Waals surface area contributed by atoms with Gasteiger partial charge in [0.1, 0.15) is 0 Å². The molecule has 0 radical (unpaired) electrons. The molecule has 238 valence electrons. The minimum absolute atomic E-state index is 0.0134. The Labute approximate surface area is 265 Å². The van der Waals surface area contributed by atoms with Gasteiger partial charge in [-0.15, -0.1) is 0 Å². The second-order valence-corrected chi connectivity index (χ2v) is 16.1. The Morgan fingerprint density at radius 2 is 1.22 bits per heavy atom. The van der Waals surface area contributed by atoms with Crippen molar-refractivity contribution in [1.82, 2.24) is 0 Å². The SMILES string of the molecule is C=C1C=C(S(C)(=O)=O)CCC1=O.CS(=O)(=O)C1=CC(=[N+]=[N-])C(=O)c2ccccc21.CS(=O)(=O)c1cccc2c1C=CC(=[N+]=[N-])C2=O. The zero-order chi connectivity index (χ0) is 34.6. The summed E-state index contributed by atoms with van der Waals surface area (Å²) in [4.78, 5) is 40.6. The van der Waals surface area contributed by atoms with E-state index in [-0.39, 0.29) is 44.6 Å². The van der Waals surface area contributed by atoms with Crippen LogP contribution in [-0.4, -0.2) is 82.4 Å². The van der Waals surface area contributed by atoms with Gasteiger partial charge in [-0.25, -0.2) is 25.3 Å². The van der Waals surface area contributed by atoms with Crippen LogP contribution >= 0.6 is 0 Å². The molecule has 0 heterocycles. The van der Waals surface area contributed by atoms with Gasteiger partial charge in [0.15, 0.2) is 35.3 Å². The molecule has 2 aromatic rings. The lowest BCUT2D eigenvalue weighted by Crippen LogP contribution is -2.22. The van der Waals surface area contributed by atoms with Gasteiger partial charge in [-0.3, -0.25) is 14.4 Å². The Kier molecular flexibility index (Phi) is 10.5. The van der Waals surface area contributed by atoms with Crippen molar-refractivity contribution in [3.05, 3.63) is 111 Å². The number of Topliss-reactive ketones (excluding diaryl/α,β-unsaturated/α-hetero) is 3. The Bertz CT molecular complexity index is 2250. The van der Waals surface area contributed by atoms with Crippen molar-refractivity contribution < 1.29 is 49.2 Å². The van der Waals surface area contributed by atoms with Crippen molar-refractivity contribution >= 4 is 69.3 Å². The summed E-state index contributed by atoms with van der Waals surface area (Å²) in [5, 5.41) is 0. The van der Waals surface area contributed by atoms with E-state index in [2.05, 4.69) is 16.2 Å². The molecular formula is C30H26N4O9S3. The summed E-state index contributed by atoms with van der Waals surface area (Å²) in [6.45, 7) is 3.47. The van der Waals surface area contributed by atoms with Gasteiger partial charge in [-0.05, 0) is 24.6 Å². The standard InChI is InChI=1S/2C11H8N2O3S.C8H10O3S/c1-17(15,16)10-4-2-3-8-7(10)5-6-9(13-12)11(8)14;1-17(15,16)10-6-9(13-12)11(14)8-5-3-2-4-7(8)10;1-6-5-7(12(2,10)11)3-4-8(6)9/h2*2-6H,1H3;5H,1,3-4H2,2H3. The van der Waals surface area contributed by atoms with E-state index in [1.807, 2.05) is 0 Å². The highest BCUT2D eigenvalue weighted by molar-refractivity contribution is 8.00. The average Bonchev–Trinajstić information content (AvgIpc) is 2.98. The minimum Gasteiger partial charge on any atom is -0.361 e. The predicted octanol–water partition coefficient (Wildman–Crippen LogP) is 2.74. The predicted molar refractivity (Wildman–Crippen MR) is 170 cm³/mol. The van der Waals surface area contributed by atoms with Crippen LogP contribution in [-0.2, 0) is 34.3 Å². The molecule has 0 saturated heterocycles. The minimum atomic E-state index is -3.49. The summed E-state index contributed by atoms with van der Waals surface area (Å²) in [7, 11) is -10.0. The van der Waals surface area contributed by atoms with Crippen molar-refractivity contribution in [2.75, 3.05) is 18.8 Å². The number of allylic oxidation sites excluding steroid dienone is 5. The van der Waals surface area contributed by atoms with Gasteiger partial charge in [-0.1, -0.05) is 43.0 Å². The fourth-order valence-electron chi connectivity index (χ4n) is 4.41. The summed E-state index contributed by atoms with van der Waals surface area (Å²) >= 11 is 0. The molecule has 13 nitrogen and oxygen atoms in total. The maximum atomic E-state index is 11.8. The van der Waals surface area contributed by atoms with E-state index < -0.39 is 41.1 Å². The molecule has 0 unspecified atom stereocenters. The molecule has 0 amide bonds. The molecule has 0 aliphatic heterocycles. The first-order valence-corrected chi connectivity index (χ1v) is 18.7. The van der Waals surface area contributed by atoms with Gasteiger partial charge in [0.05, 0.1) is 15.9 Å². The van der Waals surface area contributed by atoms with Crippen LogP contribution in [0.1, 0.15) is 44.7 Å². The maximum Gasteiger partial charge on any atom is 0.364 e. The summed E-state index contributed by atoms with van der Waals surface area (Å²) < 4.78 is 68.3. The van der Waals surface area contributed by atoms with Crippen LogP contribution in [0.25, 0.3) is 22.0 Å². The third-order valence-corrected chi connectivity index (χ3v) is 10.2. The normalized spacial score (nSPS) is 15.9. The number of ketones is 3. The zero-order valence-electron chi connectivity index (χ0n) is 24.7. The highest BCUT2D eigenvalue weighted by Crippen LogP contribution is 2.28. The van der Waals surface area contributed by atoms with Crippen molar-refractivity contribution in [3.63, 3.8) is 0 Å². The Morgan fingerprint density at radius 3 is 1.74 bits per heavy atom. The average molecular weight is 683 g/mol.